The first-order valence-corrected chi connectivity index (χ1v) is 8.36. The maximum Gasteiger partial charge on any atom is 0.323 e. The van der Waals surface area contributed by atoms with Crippen LogP contribution in [0, 0.1) is 10.1 Å². The number of pyridine rings is 1. The zero-order valence-electron chi connectivity index (χ0n) is 13.6. The van der Waals surface area contributed by atoms with Crippen LogP contribution in [0.15, 0.2) is 47.4 Å². The number of carboxylic acids is 1. The van der Waals surface area contributed by atoms with Gasteiger partial charge in [-0.2, -0.15) is 0 Å². The van der Waals surface area contributed by atoms with Crippen LogP contribution >= 0.6 is 11.8 Å². The quantitative estimate of drug-likeness (QED) is 0.472. The largest absolute Gasteiger partial charge is 0.480 e. The Labute approximate surface area is 156 Å². The highest BCUT2D eigenvalue weighted by Crippen LogP contribution is 2.32. The van der Waals surface area contributed by atoms with Crippen molar-refractivity contribution in [3.8, 4) is 11.3 Å². The molecule has 0 bridgehead atoms. The topological polar surface area (TPSA) is 131 Å². The normalized spacial score (nSPS) is 15.4. The van der Waals surface area contributed by atoms with Crippen molar-refractivity contribution in [2.24, 2.45) is 0 Å². The number of nitro benzene ring substituents is 1. The van der Waals surface area contributed by atoms with Gasteiger partial charge >= 0.3 is 5.97 Å². The molecule has 1 fully saturated rings. The lowest BCUT2D eigenvalue weighted by molar-refractivity contribution is -0.384. The number of benzene rings is 1. The Morgan fingerprint density at radius 3 is 2.56 bits per heavy atom. The summed E-state index contributed by atoms with van der Waals surface area (Å²) in [6.07, 6.45) is 1.40. The van der Waals surface area contributed by atoms with Crippen molar-refractivity contribution in [2.75, 3.05) is 6.54 Å². The molecule has 0 radical (unpaired) electrons. The van der Waals surface area contributed by atoms with E-state index in [0.717, 1.165) is 0 Å². The number of thioether (sulfide) groups is 1. The lowest BCUT2D eigenvalue weighted by Crippen LogP contribution is -2.33. The molecule has 9 nitrogen and oxygen atoms in total. The molecule has 1 aliphatic rings. The Kier molecular flexibility index (Phi) is 4.99. The smallest absolute Gasteiger partial charge is 0.323 e. The van der Waals surface area contributed by atoms with E-state index in [4.69, 9.17) is 5.11 Å². The van der Waals surface area contributed by atoms with Crippen molar-refractivity contribution in [2.45, 2.75) is 0 Å². The first kappa shape index (κ1) is 18.3. The van der Waals surface area contributed by atoms with Crippen LogP contribution in [0.1, 0.15) is 5.69 Å². The van der Waals surface area contributed by atoms with E-state index in [0.29, 0.717) is 33.6 Å². The van der Waals surface area contributed by atoms with Crippen molar-refractivity contribution < 1.29 is 24.4 Å². The maximum absolute atomic E-state index is 12.2. The molecule has 2 amide bonds. The first-order chi connectivity index (χ1) is 12.8. The zero-order valence-corrected chi connectivity index (χ0v) is 14.4. The molecule has 0 unspecified atom stereocenters. The summed E-state index contributed by atoms with van der Waals surface area (Å²) in [7, 11) is 0. The highest BCUT2D eigenvalue weighted by Gasteiger charge is 2.36. The number of hydrogen-bond acceptors (Lipinski definition) is 7. The fourth-order valence-electron chi connectivity index (χ4n) is 2.35. The van der Waals surface area contributed by atoms with Crippen LogP contribution in [0.5, 0.6) is 0 Å². The Morgan fingerprint density at radius 1 is 1.22 bits per heavy atom. The van der Waals surface area contributed by atoms with E-state index in [-0.39, 0.29) is 10.6 Å². The minimum Gasteiger partial charge on any atom is -0.480 e. The van der Waals surface area contributed by atoms with Crippen molar-refractivity contribution in [3.05, 3.63) is 63.2 Å². The average molecular weight is 385 g/mol. The average Bonchev–Trinajstić information content (AvgIpc) is 2.89. The first-order valence-electron chi connectivity index (χ1n) is 7.54. The predicted octanol–water partition coefficient (Wildman–Crippen LogP) is 2.78. The van der Waals surface area contributed by atoms with Crippen LogP contribution in [0.4, 0.5) is 10.5 Å². The maximum atomic E-state index is 12.2. The van der Waals surface area contributed by atoms with Crippen molar-refractivity contribution >= 4 is 40.6 Å². The molecule has 2 aromatic rings. The molecule has 1 aliphatic heterocycles. The van der Waals surface area contributed by atoms with Gasteiger partial charge in [0.25, 0.3) is 16.8 Å². The number of imide groups is 1. The second kappa shape index (κ2) is 7.38. The number of carbonyl (C=O) groups is 3. The molecule has 1 aromatic heterocycles. The van der Waals surface area contributed by atoms with E-state index in [2.05, 4.69) is 4.98 Å². The number of nitrogens with zero attached hydrogens (tertiary/aromatic N) is 3. The number of aliphatic carboxylic acids is 1. The van der Waals surface area contributed by atoms with Crippen LogP contribution in [0.25, 0.3) is 17.3 Å². The second-order valence-corrected chi connectivity index (χ2v) is 6.41. The van der Waals surface area contributed by atoms with Gasteiger partial charge in [-0.05, 0) is 42.1 Å². The molecule has 0 saturated carbocycles. The molecule has 2 heterocycles. The van der Waals surface area contributed by atoms with Gasteiger partial charge in [-0.1, -0.05) is 6.07 Å². The molecule has 0 spiro atoms. The molecule has 27 heavy (non-hydrogen) atoms. The van der Waals surface area contributed by atoms with Gasteiger partial charge in [0.05, 0.1) is 21.2 Å². The lowest BCUT2D eigenvalue weighted by atomic mass is 10.1. The SMILES string of the molecule is O=C(O)CN1C(=O)S/C(=C\c2cccc(-c3ccc([N+](=O)[O-])cc3)n2)C1=O. The van der Waals surface area contributed by atoms with Gasteiger partial charge < -0.3 is 5.11 Å². The lowest BCUT2D eigenvalue weighted by Gasteiger charge is -2.07. The summed E-state index contributed by atoms with van der Waals surface area (Å²) in [6, 6.07) is 10.9. The van der Waals surface area contributed by atoms with Crippen molar-refractivity contribution in [1.29, 1.82) is 0 Å². The van der Waals surface area contributed by atoms with Crippen LogP contribution < -0.4 is 0 Å². The minimum absolute atomic E-state index is 0.0398. The van der Waals surface area contributed by atoms with Crippen LogP contribution in [-0.4, -0.2) is 43.6 Å². The molecule has 136 valence electrons. The fourth-order valence-corrected chi connectivity index (χ4v) is 3.18. The van der Waals surface area contributed by atoms with E-state index in [9.17, 15) is 24.5 Å². The number of hydrogen-bond donors (Lipinski definition) is 1. The van der Waals surface area contributed by atoms with Crippen LogP contribution in [-0.2, 0) is 9.59 Å². The Balaban J connectivity index is 1.87. The predicted molar refractivity (Wildman–Crippen MR) is 96.6 cm³/mol. The van der Waals surface area contributed by atoms with Gasteiger partial charge in [0.2, 0.25) is 0 Å². The van der Waals surface area contributed by atoms with Gasteiger partial charge in [-0.3, -0.25) is 29.4 Å². The second-order valence-electron chi connectivity index (χ2n) is 5.41. The molecular formula is C17H11N3O6S. The Bertz CT molecular complexity index is 986. The molecule has 10 heteroatoms. The molecule has 3 rings (SSSR count). The number of non-ortho nitro benzene ring substituents is 1. The summed E-state index contributed by atoms with van der Waals surface area (Å²) in [4.78, 5) is 50.0. The van der Waals surface area contributed by atoms with Crippen LogP contribution in [0.2, 0.25) is 0 Å². The van der Waals surface area contributed by atoms with E-state index in [1.165, 1.54) is 18.2 Å². The number of carbonyl (C=O) groups excluding carboxylic acids is 2. The molecule has 0 atom stereocenters. The minimum atomic E-state index is -1.28. The highest BCUT2D eigenvalue weighted by molar-refractivity contribution is 8.18. The summed E-state index contributed by atoms with van der Waals surface area (Å²) < 4.78 is 0. The third-order valence-electron chi connectivity index (χ3n) is 3.59. The third kappa shape index (κ3) is 4.01. The molecule has 1 N–H and O–H groups in total. The van der Waals surface area contributed by atoms with Gasteiger partial charge in [-0.25, -0.2) is 4.98 Å². The Morgan fingerprint density at radius 2 is 1.93 bits per heavy atom. The zero-order chi connectivity index (χ0) is 19.6. The van der Waals surface area contributed by atoms with Crippen LogP contribution in [0.3, 0.4) is 0 Å². The highest BCUT2D eigenvalue weighted by atomic mass is 32.2. The molecule has 1 aromatic carbocycles. The summed E-state index contributed by atoms with van der Waals surface area (Å²) in [5.74, 6) is -1.97. The molecular weight excluding hydrogens is 374 g/mol. The Hall–Kier alpha value is -3.53. The van der Waals surface area contributed by atoms with E-state index in [1.807, 2.05) is 0 Å². The summed E-state index contributed by atoms with van der Waals surface area (Å²) >= 11 is 0.646. The van der Waals surface area contributed by atoms with Gasteiger partial charge in [0.15, 0.2) is 0 Å². The summed E-state index contributed by atoms with van der Waals surface area (Å²) in [5, 5.41) is 18.8. The number of aromatic nitrogens is 1. The summed E-state index contributed by atoms with van der Waals surface area (Å²) in [6.45, 7) is -0.696. The van der Waals surface area contributed by atoms with E-state index >= 15 is 0 Å². The number of carboxylic acid groups (broad SMARTS) is 1. The van der Waals surface area contributed by atoms with Crippen molar-refractivity contribution in [3.63, 3.8) is 0 Å². The third-order valence-corrected chi connectivity index (χ3v) is 4.50. The number of amides is 2. The number of rotatable bonds is 5. The van der Waals surface area contributed by atoms with Gasteiger partial charge in [-0.15, -0.1) is 0 Å². The van der Waals surface area contributed by atoms with Gasteiger partial charge in [0, 0.05) is 17.7 Å². The molecule has 1 saturated heterocycles. The number of nitro groups is 1. The summed E-state index contributed by atoms with van der Waals surface area (Å²) in [5.41, 5.74) is 1.53. The standard InChI is InChI=1S/C17H11N3O6S/c21-15(22)9-19-16(23)14(27-17(19)24)8-11-2-1-3-13(18-11)10-4-6-12(7-5-10)20(25)26/h1-8H,9H2,(H,21,22)/b14-8-. The van der Waals surface area contributed by atoms with Crippen molar-refractivity contribution in [1.82, 2.24) is 9.88 Å². The van der Waals surface area contributed by atoms with Gasteiger partial charge in [0.1, 0.15) is 6.54 Å². The van der Waals surface area contributed by atoms with E-state index < -0.39 is 28.6 Å². The monoisotopic (exact) mass is 385 g/mol. The van der Waals surface area contributed by atoms with E-state index in [1.54, 1.807) is 30.3 Å². The fraction of sp³-hybridized carbons (Fsp3) is 0.0588. The molecule has 0 aliphatic carbocycles.